The van der Waals surface area contributed by atoms with Crippen LogP contribution in [0.3, 0.4) is 0 Å². The summed E-state index contributed by atoms with van der Waals surface area (Å²) in [5.41, 5.74) is 6.62. The molecule has 1 radical (unpaired) electrons. The highest BCUT2D eigenvalue weighted by molar-refractivity contribution is 8.77. The molecule has 6 unspecified atom stereocenters. The first-order valence-electron chi connectivity index (χ1n) is 13.6. The molecule has 5 rings (SSSR count). The number of phosphoric ester groups is 1. The van der Waals surface area contributed by atoms with Crippen LogP contribution >= 0.6 is 45.1 Å². The van der Waals surface area contributed by atoms with E-state index in [2.05, 4.69) is 56.5 Å². The van der Waals surface area contributed by atoms with Crippen LogP contribution in [0.2, 0.25) is 6.32 Å². The SMILES string of the molecule is CC(C)([B]CC1CC2C#CC1C2)SSCO[C@@H]1C[C@H](n2cnc3c(N)ncnc32)OC1COP(=O)(O)OP(=O)(O)OP(=O)(O)O. The molecular weight excluding hydrogens is 694 g/mol. The lowest BCUT2D eigenvalue weighted by Crippen LogP contribution is -2.29. The minimum absolute atomic E-state index is 0.149. The number of nitrogens with two attached hydrogens (primary N) is 1. The molecule has 2 aromatic rings. The molecule has 23 heteroatoms. The van der Waals surface area contributed by atoms with Crippen molar-refractivity contribution in [1.82, 2.24) is 19.5 Å². The standard InChI is InChI=1S/C22H32BN5O12P3S2/c1-22(2,23-8-15-6-13-3-4-14(15)5-13)45-44-12-36-16-7-18(28-11-27-19-20(24)25-10-26-21(19)28)38-17(16)9-37-42(32,33)40-43(34,35)39-41(29,30)31/h10-11,13-18H,5-9,12H2,1-2H3,(H,32,33)(H,34,35)(H2,24,25,26)(H2,29,30,31)/t13?,14?,15?,16-,17?,18-/m1/s1. The molecule has 2 bridgehead atoms. The predicted molar refractivity (Wildman–Crippen MR) is 165 cm³/mol. The summed E-state index contributed by atoms with van der Waals surface area (Å²) < 4.78 is 61.0. The summed E-state index contributed by atoms with van der Waals surface area (Å²) >= 11 is 0. The number of rotatable bonds is 16. The number of imidazole rings is 1. The number of phosphoric acid groups is 3. The minimum Gasteiger partial charge on any atom is -0.382 e. The van der Waals surface area contributed by atoms with Crippen molar-refractivity contribution in [2.75, 3.05) is 18.3 Å². The smallest absolute Gasteiger partial charge is 0.382 e. The maximum atomic E-state index is 12.4. The molecule has 2 fully saturated rings. The van der Waals surface area contributed by atoms with Crippen molar-refractivity contribution in [3.63, 3.8) is 0 Å². The molecule has 0 aromatic carbocycles. The van der Waals surface area contributed by atoms with Crippen LogP contribution in [0.1, 0.15) is 39.3 Å². The number of hydrogen-bond donors (Lipinski definition) is 5. The first-order chi connectivity index (χ1) is 21.0. The molecule has 3 heterocycles. The van der Waals surface area contributed by atoms with Gasteiger partial charge in [-0.25, -0.2) is 28.6 Å². The van der Waals surface area contributed by atoms with Gasteiger partial charge in [0.25, 0.3) is 0 Å². The van der Waals surface area contributed by atoms with Gasteiger partial charge in [-0.05, 0) is 23.4 Å². The van der Waals surface area contributed by atoms with Gasteiger partial charge in [0.05, 0.1) is 19.0 Å². The number of aromatic nitrogens is 4. The van der Waals surface area contributed by atoms with E-state index in [0.29, 0.717) is 28.9 Å². The number of nitrogens with zero attached hydrogens (tertiary/aromatic N) is 4. The lowest BCUT2D eigenvalue weighted by Gasteiger charge is -2.26. The topological polar surface area (TPSA) is 248 Å². The molecule has 2 aromatic heterocycles. The monoisotopic (exact) mass is 726 g/mol. The number of ether oxygens (including phenoxy) is 2. The van der Waals surface area contributed by atoms with E-state index < -0.39 is 48.5 Å². The first kappa shape index (κ1) is 35.3. The molecule has 1 saturated heterocycles. The summed E-state index contributed by atoms with van der Waals surface area (Å²) in [6.45, 7) is 3.58. The highest BCUT2D eigenvalue weighted by Gasteiger charge is 2.44. The van der Waals surface area contributed by atoms with E-state index >= 15 is 0 Å². The second-order valence-electron chi connectivity index (χ2n) is 11.2. The lowest BCUT2D eigenvalue weighted by atomic mass is 9.58. The Morgan fingerprint density at radius 3 is 2.58 bits per heavy atom. The number of fused-ring (bicyclic) bond motifs is 3. The second kappa shape index (κ2) is 13.9. The predicted octanol–water partition coefficient (Wildman–Crippen LogP) is 3.28. The van der Waals surface area contributed by atoms with Gasteiger partial charge in [0.1, 0.15) is 37.4 Å². The van der Waals surface area contributed by atoms with Crippen molar-refractivity contribution in [2.24, 2.45) is 17.8 Å². The second-order valence-corrected chi connectivity index (χ2v) is 18.5. The van der Waals surface area contributed by atoms with Crippen molar-refractivity contribution in [3.8, 4) is 11.8 Å². The number of nitrogen functional groups attached to an aromatic ring is 1. The van der Waals surface area contributed by atoms with Gasteiger partial charge < -0.3 is 34.8 Å². The Kier molecular flexibility index (Phi) is 10.9. The summed E-state index contributed by atoms with van der Waals surface area (Å²) in [4.78, 5) is 49.3. The van der Waals surface area contributed by atoms with Gasteiger partial charge in [-0.1, -0.05) is 53.6 Å². The van der Waals surface area contributed by atoms with Crippen molar-refractivity contribution < 1.29 is 55.9 Å². The van der Waals surface area contributed by atoms with Gasteiger partial charge in [0.15, 0.2) is 11.5 Å². The first-order valence-corrected chi connectivity index (χ1v) is 20.5. The average molecular weight is 726 g/mol. The molecule has 2 aliphatic carbocycles. The number of hydrogen-bond acceptors (Lipinski definition) is 14. The largest absolute Gasteiger partial charge is 0.490 e. The Bertz CT molecular complexity index is 1600. The lowest BCUT2D eigenvalue weighted by molar-refractivity contribution is -0.0522. The fourth-order valence-electron chi connectivity index (χ4n) is 5.41. The minimum atomic E-state index is -5.68. The highest BCUT2D eigenvalue weighted by atomic mass is 33.1. The molecule has 6 N–H and O–H groups in total. The van der Waals surface area contributed by atoms with Gasteiger partial charge in [-0.15, -0.1) is 0 Å². The van der Waals surface area contributed by atoms with E-state index in [1.807, 2.05) is 0 Å². The van der Waals surface area contributed by atoms with E-state index in [0.717, 1.165) is 19.2 Å². The third kappa shape index (κ3) is 9.55. The molecule has 1 aliphatic heterocycles. The molecule has 1 saturated carbocycles. The maximum Gasteiger partial charge on any atom is 0.490 e. The summed E-state index contributed by atoms with van der Waals surface area (Å²) in [7, 11) is -11.2. The van der Waals surface area contributed by atoms with Crippen LogP contribution in [0.5, 0.6) is 0 Å². The molecule has 247 valence electrons. The summed E-state index contributed by atoms with van der Waals surface area (Å²) in [6.07, 6.45) is 3.81. The van der Waals surface area contributed by atoms with E-state index in [-0.39, 0.29) is 22.8 Å². The van der Waals surface area contributed by atoms with Crippen LogP contribution in [0.25, 0.3) is 11.2 Å². The Morgan fingerprint density at radius 2 is 1.89 bits per heavy atom. The average Bonchev–Trinajstić information content (AvgIpc) is 3.71. The maximum absolute atomic E-state index is 12.4. The molecule has 0 amide bonds. The van der Waals surface area contributed by atoms with Gasteiger partial charge in [-0.3, -0.25) is 9.09 Å². The van der Waals surface area contributed by atoms with Gasteiger partial charge in [0, 0.05) is 18.3 Å². The summed E-state index contributed by atoms with van der Waals surface area (Å²) in [5, 5.41) is 0. The van der Waals surface area contributed by atoms with Crippen LogP contribution in [0.15, 0.2) is 12.7 Å². The zero-order chi connectivity index (χ0) is 32.6. The molecule has 3 aliphatic rings. The van der Waals surface area contributed by atoms with E-state index in [4.69, 9.17) is 29.5 Å². The molecule has 0 spiro atoms. The zero-order valence-corrected chi connectivity index (χ0v) is 28.3. The Labute approximate surface area is 267 Å². The molecule has 8 atom stereocenters. The summed E-state index contributed by atoms with van der Waals surface area (Å²) in [5.74, 6) is 8.65. The van der Waals surface area contributed by atoms with Crippen molar-refractivity contribution in [3.05, 3.63) is 12.7 Å². The van der Waals surface area contributed by atoms with Crippen LogP contribution in [0.4, 0.5) is 5.82 Å². The van der Waals surface area contributed by atoms with E-state index in [1.165, 1.54) is 23.4 Å². The third-order valence-electron chi connectivity index (χ3n) is 7.38. The molecule has 17 nitrogen and oxygen atoms in total. The van der Waals surface area contributed by atoms with Crippen molar-refractivity contribution in [2.45, 2.75) is 62.5 Å². The molecule has 45 heavy (non-hydrogen) atoms. The fraction of sp³-hybridized carbons (Fsp3) is 0.682. The summed E-state index contributed by atoms with van der Waals surface area (Å²) in [6, 6.07) is 0. The fourth-order valence-corrected chi connectivity index (χ4v) is 10.6. The quantitative estimate of drug-likeness (QED) is 0.0416. The Morgan fingerprint density at radius 1 is 1.11 bits per heavy atom. The van der Waals surface area contributed by atoms with Gasteiger partial charge >= 0.3 is 23.5 Å². The normalized spacial score (nSPS) is 28.9. The van der Waals surface area contributed by atoms with E-state index in [9.17, 15) is 23.5 Å². The van der Waals surface area contributed by atoms with Crippen molar-refractivity contribution >= 4 is 69.3 Å². The Hall–Kier alpha value is -0.995. The third-order valence-corrected chi connectivity index (χ3v) is 14.1. The van der Waals surface area contributed by atoms with Crippen LogP contribution < -0.4 is 5.73 Å². The Balaban J connectivity index is 1.19. The van der Waals surface area contributed by atoms with Crippen LogP contribution in [0, 0.1) is 29.6 Å². The van der Waals surface area contributed by atoms with Crippen LogP contribution in [-0.4, -0.2) is 75.8 Å². The zero-order valence-electron chi connectivity index (χ0n) is 24.0. The molecular formula is C22H32BN5O12P3S2. The van der Waals surface area contributed by atoms with Gasteiger partial charge in [-0.2, -0.15) is 8.62 Å². The van der Waals surface area contributed by atoms with Crippen LogP contribution in [-0.2, 0) is 36.3 Å². The highest BCUT2D eigenvalue weighted by Crippen LogP contribution is 2.66. The number of anilines is 1. The van der Waals surface area contributed by atoms with E-state index in [1.54, 1.807) is 15.4 Å². The van der Waals surface area contributed by atoms with Gasteiger partial charge in [0.2, 0.25) is 0 Å². The van der Waals surface area contributed by atoms with Crippen molar-refractivity contribution in [1.29, 1.82) is 0 Å².